The van der Waals surface area contributed by atoms with Crippen LogP contribution in [0.1, 0.15) is 41.2 Å². The van der Waals surface area contributed by atoms with E-state index in [4.69, 9.17) is 4.42 Å². The fourth-order valence-corrected chi connectivity index (χ4v) is 10.7. The number of para-hydroxylation sites is 1. The number of nitrogens with zero attached hydrogens (tertiary/aromatic N) is 2. The lowest BCUT2D eigenvalue weighted by Gasteiger charge is -2.36. The van der Waals surface area contributed by atoms with E-state index in [0.29, 0.717) is 17.2 Å². The standard InChI is InChI=1S/C61H44F2N2O/c1-39-27-31-45(32-28-39)64(47-21-13-19-43(62)35-47)54-37-52-57(50-24-10-9-23-49(50)54)59-53(61(52,41-15-5-3-6-16-41)42-17-7-4-8-18-42)38-55(60-58(59)51-25-11-12-26-56(51)66-60)65(46-33-29-40(2)30-34-46)48-22-14-20-44(63)36-48/h3-27,29-39H,28H2,1-2H3. The molecule has 0 bridgehead atoms. The first-order valence-electron chi connectivity index (χ1n) is 22.6. The number of anilines is 5. The largest absolute Gasteiger partial charge is 0.454 e. The Hall–Kier alpha value is -8.02. The fraction of sp³-hybridized carbons (Fsp3) is 0.0820. The van der Waals surface area contributed by atoms with E-state index in [1.54, 1.807) is 24.3 Å². The third kappa shape index (κ3) is 6.14. The highest BCUT2D eigenvalue weighted by Crippen LogP contribution is 2.63. The molecule has 1 atom stereocenters. The van der Waals surface area contributed by atoms with Crippen molar-refractivity contribution in [2.45, 2.75) is 25.7 Å². The van der Waals surface area contributed by atoms with Gasteiger partial charge < -0.3 is 14.2 Å². The van der Waals surface area contributed by atoms with Crippen LogP contribution >= 0.6 is 0 Å². The van der Waals surface area contributed by atoms with Crippen molar-refractivity contribution in [1.82, 2.24) is 0 Å². The van der Waals surface area contributed by atoms with Gasteiger partial charge in [-0.05, 0) is 131 Å². The number of hydrogen-bond donors (Lipinski definition) is 0. The summed E-state index contributed by atoms with van der Waals surface area (Å²) in [7, 11) is 0. The summed E-state index contributed by atoms with van der Waals surface area (Å²) in [5.74, 6) is -0.252. The predicted octanol–water partition coefficient (Wildman–Crippen LogP) is 16.8. The predicted molar refractivity (Wildman–Crippen MR) is 267 cm³/mol. The van der Waals surface area contributed by atoms with Gasteiger partial charge in [-0.3, -0.25) is 0 Å². The molecule has 0 aliphatic heterocycles. The van der Waals surface area contributed by atoms with Gasteiger partial charge in [0.2, 0.25) is 0 Å². The number of fused-ring (bicyclic) bond motifs is 9. The first kappa shape index (κ1) is 39.6. The number of hydrogen-bond acceptors (Lipinski definition) is 3. The van der Waals surface area contributed by atoms with Gasteiger partial charge in [-0.1, -0.05) is 152 Å². The third-order valence-corrected chi connectivity index (χ3v) is 13.6. The highest BCUT2D eigenvalue weighted by atomic mass is 19.1. The van der Waals surface area contributed by atoms with E-state index in [1.807, 2.05) is 24.3 Å². The summed E-state index contributed by atoms with van der Waals surface area (Å²) in [5, 5.41) is 4.06. The summed E-state index contributed by atoms with van der Waals surface area (Å²) in [6, 6.07) is 65.2. The van der Waals surface area contributed by atoms with Crippen molar-refractivity contribution in [3.8, 4) is 11.1 Å². The van der Waals surface area contributed by atoms with Gasteiger partial charge in [0.15, 0.2) is 5.58 Å². The number of halogens is 2. The van der Waals surface area contributed by atoms with Crippen molar-refractivity contribution in [3.63, 3.8) is 0 Å². The highest BCUT2D eigenvalue weighted by Gasteiger charge is 2.49. The average Bonchev–Trinajstić information content (AvgIpc) is 3.88. The van der Waals surface area contributed by atoms with Gasteiger partial charge >= 0.3 is 0 Å². The maximum Gasteiger partial charge on any atom is 0.160 e. The van der Waals surface area contributed by atoms with Gasteiger partial charge in [0.05, 0.1) is 16.8 Å². The molecular weight excluding hydrogens is 815 g/mol. The van der Waals surface area contributed by atoms with Gasteiger partial charge in [0.1, 0.15) is 17.2 Å². The highest BCUT2D eigenvalue weighted by molar-refractivity contribution is 6.23. The maximum absolute atomic E-state index is 15.5. The topological polar surface area (TPSA) is 19.6 Å². The molecule has 1 heterocycles. The fourth-order valence-electron chi connectivity index (χ4n) is 10.7. The molecule has 10 aromatic rings. The number of allylic oxidation sites excluding steroid dienone is 3. The van der Waals surface area contributed by atoms with Gasteiger partial charge in [0, 0.05) is 38.9 Å². The Bertz CT molecular complexity index is 3530. The number of aryl methyl sites for hydroxylation is 1. The SMILES string of the molecule is Cc1ccc(N(c2cccc(F)c2)c2cc3c(c4c2oc2ccccc24)-c2c(cc(N(C4=CCC(C)C=C4)c4cccc(F)c4)c4ccccc24)C3(c2ccccc2)c2ccccc2)cc1. The lowest BCUT2D eigenvalue weighted by Crippen LogP contribution is -2.29. The minimum atomic E-state index is -0.896. The van der Waals surface area contributed by atoms with E-state index < -0.39 is 5.41 Å². The van der Waals surface area contributed by atoms with Crippen molar-refractivity contribution in [3.05, 3.63) is 258 Å². The Morgan fingerprint density at radius 3 is 1.74 bits per heavy atom. The monoisotopic (exact) mass is 858 g/mol. The molecule has 0 saturated carbocycles. The molecule has 5 heteroatoms. The summed E-state index contributed by atoms with van der Waals surface area (Å²) in [6.07, 6.45) is 7.55. The van der Waals surface area contributed by atoms with E-state index in [0.717, 1.165) is 101 Å². The van der Waals surface area contributed by atoms with Gasteiger partial charge in [-0.15, -0.1) is 0 Å². The molecule has 1 unspecified atom stereocenters. The van der Waals surface area contributed by atoms with E-state index in [1.165, 1.54) is 12.1 Å². The molecule has 0 saturated heterocycles. The van der Waals surface area contributed by atoms with Crippen LogP contribution in [0.2, 0.25) is 0 Å². The van der Waals surface area contributed by atoms with Crippen LogP contribution in [-0.4, -0.2) is 0 Å². The van der Waals surface area contributed by atoms with Crippen molar-refractivity contribution in [2.75, 3.05) is 9.80 Å². The first-order chi connectivity index (χ1) is 32.4. The molecule has 318 valence electrons. The van der Waals surface area contributed by atoms with E-state index in [-0.39, 0.29) is 11.6 Å². The van der Waals surface area contributed by atoms with Crippen LogP contribution in [0.3, 0.4) is 0 Å². The minimum Gasteiger partial charge on any atom is -0.454 e. The van der Waals surface area contributed by atoms with Crippen LogP contribution in [0.4, 0.5) is 37.2 Å². The second kappa shape index (κ2) is 15.6. The van der Waals surface area contributed by atoms with Gasteiger partial charge in [-0.25, -0.2) is 8.78 Å². The summed E-state index contributed by atoms with van der Waals surface area (Å²) in [6.45, 7) is 4.29. The molecule has 0 spiro atoms. The zero-order valence-electron chi connectivity index (χ0n) is 36.6. The molecule has 12 rings (SSSR count). The van der Waals surface area contributed by atoms with Crippen molar-refractivity contribution in [2.24, 2.45) is 5.92 Å². The lowest BCUT2D eigenvalue weighted by molar-refractivity contribution is 0.627. The van der Waals surface area contributed by atoms with E-state index in [9.17, 15) is 0 Å². The Labute approximate surface area is 382 Å². The van der Waals surface area contributed by atoms with E-state index in [2.05, 4.69) is 175 Å². The molecular formula is C61H44F2N2O. The third-order valence-electron chi connectivity index (χ3n) is 13.6. The number of benzene rings is 9. The van der Waals surface area contributed by atoms with Gasteiger partial charge in [0.25, 0.3) is 0 Å². The van der Waals surface area contributed by atoms with E-state index >= 15 is 8.78 Å². The summed E-state index contributed by atoms with van der Waals surface area (Å²) < 4.78 is 38.1. The Morgan fingerprint density at radius 2 is 1.11 bits per heavy atom. The average molecular weight is 859 g/mol. The van der Waals surface area contributed by atoms with Crippen LogP contribution in [-0.2, 0) is 5.41 Å². The molecule has 9 aromatic carbocycles. The summed E-state index contributed by atoms with van der Waals surface area (Å²) >= 11 is 0. The Balaban J connectivity index is 1.29. The quantitative estimate of drug-likeness (QED) is 0.152. The molecule has 0 radical (unpaired) electrons. The molecule has 0 amide bonds. The molecule has 0 N–H and O–H groups in total. The normalized spacial score (nSPS) is 14.9. The number of furan rings is 1. The van der Waals surface area contributed by atoms with Crippen molar-refractivity contribution < 1.29 is 13.2 Å². The van der Waals surface area contributed by atoms with Crippen LogP contribution in [0.25, 0.3) is 43.8 Å². The smallest absolute Gasteiger partial charge is 0.160 e. The van der Waals surface area contributed by atoms with Crippen molar-refractivity contribution in [1.29, 1.82) is 0 Å². The molecule has 1 aromatic heterocycles. The number of rotatable bonds is 8. The van der Waals surface area contributed by atoms with Crippen LogP contribution in [0, 0.1) is 24.5 Å². The van der Waals surface area contributed by atoms with Crippen LogP contribution in [0.5, 0.6) is 0 Å². The summed E-state index contributed by atoms with van der Waals surface area (Å²) in [5.41, 5.74) is 13.2. The van der Waals surface area contributed by atoms with Crippen LogP contribution in [0.15, 0.2) is 222 Å². The Kier molecular flexibility index (Phi) is 9.35. The maximum atomic E-state index is 15.5. The zero-order chi connectivity index (χ0) is 44.5. The molecule has 66 heavy (non-hydrogen) atoms. The second-order valence-electron chi connectivity index (χ2n) is 17.6. The minimum absolute atomic E-state index is 0.301. The van der Waals surface area contributed by atoms with Crippen LogP contribution < -0.4 is 9.80 Å². The second-order valence-corrected chi connectivity index (χ2v) is 17.6. The molecule has 0 fully saturated rings. The summed E-state index contributed by atoms with van der Waals surface area (Å²) in [4.78, 5) is 4.37. The lowest BCUT2D eigenvalue weighted by atomic mass is 9.67. The molecule has 2 aliphatic carbocycles. The molecule has 3 nitrogen and oxygen atoms in total. The van der Waals surface area contributed by atoms with Gasteiger partial charge in [-0.2, -0.15) is 0 Å². The zero-order valence-corrected chi connectivity index (χ0v) is 36.6. The Morgan fingerprint density at radius 1 is 0.530 bits per heavy atom. The first-order valence-corrected chi connectivity index (χ1v) is 22.6. The van der Waals surface area contributed by atoms with Crippen molar-refractivity contribution >= 4 is 61.1 Å². The molecule has 2 aliphatic rings.